The highest BCUT2D eigenvalue weighted by Crippen LogP contribution is 2.23. The zero-order chi connectivity index (χ0) is 31.3. The fourth-order valence-corrected chi connectivity index (χ4v) is 5.32. The summed E-state index contributed by atoms with van der Waals surface area (Å²) in [5, 5.41) is 2.85. The highest BCUT2D eigenvalue weighted by Gasteiger charge is 2.27. The van der Waals surface area contributed by atoms with E-state index in [9.17, 15) is 18.8 Å². The fourth-order valence-electron chi connectivity index (χ4n) is 5.32. The predicted octanol–water partition coefficient (Wildman–Crippen LogP) is 5.27. The Morgan fingerprint density at radius 3 is 2.30 bits per heavy atom. The number of likely N-dealkylation sites (tertiary alicyclic amines) is 1. The van der Waals surface area contributed by atoms with Crippen molar-refractivity contribution in [3.63, 3.8) is 0 Å². The number of nitrogens with zero attached hydrogens (tertiary/aromatic N) is 1. The van der Waals surface area contributed by atoms with Crippen LogP contribution in [0.3, 0.4) is 0 Å². The third-order valence-electron chi connectivity index (χ3n) is 7.80. The molecule has 1 N–H and O–H groups in total. The van der Waals surface area contributed by atoms with Crippen LogP contribution in [0.15, 0.2) is 72.8 Å². The number of carbonyl (C=O) groups excluding carboxylic acids is 3. The van der Waals surface area contributed by atoms with Crippen LogP contribution in [-0.2, 0) is 38.6 Å². The topological polar surface area (TPSA) is 94.2 Å². The molecule has 0 unspecified atom stereocenters. The number of hydrogen-bond acceptors (Lipinski definition) is 6. The number of nitrogens with one attached hydrogen (secondary N) is 1. The van der Waals surface area contributed by atoms with Crippen LogP contribution >= 0.6 is 0 Å². The molecule has 9 heteroatoms. The van der Waals surface area contributed by atoms with Gasteiger partial charge in [0, 0.05) is 32.4 Å². The first kappa shape index (κ1) is 32.5. The van der Waals surface area contributed by atoms with Crippen LogP contribution in [0.4, 0.5) is 4.39 Å². The number of ether oxygens (including phenoxy) is 3. The molecule has 1 aliphatic heterocycles. The third kappa shape index (κ3) is 9.82. The normalized spacial score (nSPS) is 14.0. The first-order valence-electron chi connectivity index (χ1n) is 15.2. The Kier molecular flexibility index (Phi) is 12.2. The van der Waals surface area contributed by atoms with Gasteiger partial charge < -0.3 is 24.4 Å². The van der Waals surface area contributed by atoms with E-state index in [2.05, 4.69) is 5.32 Å². The van der Waals surface area contributed by atoms with Crippen molar-refractivity contribution in [1.82, 2.24) is 10.2 Å². The number of esters is 1. The summed E-state index contributed by atoms with van der Waals surface area (Å²) in [7, 11) is 1.31. The molecule has 1 saturated heterocycles. The highest BCUT2D eigenvalue weighted by atomic mass is 19.1. The second kappa shape index (κ2) is 16.4. The van der Waals surface area contributed by atoms with Crippen molar-refractivity contribution < 1.29 is 33.0 Å². The minimum Gasteiger partial charge on any atom is -0.491 e. The van der Waals surface area contributed by atoms with E-state index in [1.807, 2.05) is 59.5 Å². The zero-order valence-corrected chi connectivity index (χ0v) is 25.4. The summed E-state index contributed by atoms with van der Waals surface area (Å²) in [6.07, 6.45) is 2.70. The van der Waals surface area contributed by atoms with Gasteiger partial charge in [-0.1, -0.05) is 48.5 Å². The summed E-state index contributed by atoms with van der Waals surface area (Å²) in [6, 6.07) is 21.3. The predicted molar refractivity (Wildman–Crippen MR) is 165 cm³/mol. The summed E-state index contributed by atoms with van der Waals surface area (Å²) in [5.41, 5.74) is 2.69. The lowest BCUT2D eigenvalue weighted by molar-refractivity contribution is -0.145. The number of methoxy groups -OCH3 is 1. The monoisotopic (exact) mass is 604 g/mol. The van der Waals surface area contributed by atoms with Crippen LogP contribution < -0.4 is 14.8 Å². The quantitative estimate of drug-likeness (QED) is 0.252. The van der Waals surface area contributed by atoms with Gasteiger partial charge in [-0.3, -0.25) is 9.59 Å². The number of amides is 2. The van der Waals surface area contributed by atoms with E-state index in [4.69, 9.17) is 14.2 Å². The summed E-state index contributed by atoms with van der Waals surface area (Å²) in [5.74, 6) is -0.0897. The molecule has 8 nitrogen and oxygen atoms in total. The Hall–Kier alpha value is -4.40. The summed E-state index contributed by atoms with van der Waals surface area (Å²) in [4.78, 5) is 40.0. The van der Waals surface area contributed by atoms with Gasteiger partial charge >= 0.3 is 5.97 Å². The first-order valence-corrected chi connectivity index (χ1v) is 15.2. The molecule has 0 saturated carbocycles. The van der Waals surface area contributed by atoms with Crippen LogP contribution in [-0.4, -0.2) is 55.5 Å². The lowest BCUT2D eigenvalue weighted by Gasteiger charge is -2.32. The number of halogens is 1. The van der Waals surface area contributed by atoms with Gasteiger partial charge in [-0.15, -0.1) is 0 Å². The van der Waals surface area contributed by atoms with Crippen molar-refractivity contribution >= 4 is 17.8 Å². The van der Waals surface area contributed by atoms with Crippen molar-refractivity contribution in [2.75, 3.05) is 26.8 Å². The van der Waals surface area contributed by atoms with Gasteiger partial charge in [0.05, 0.1) is 13.7 Å². The van der Waals surface area contributed by atoms with Gasteiger partial charge in [-0.05, 0) is 73.1 Å². The molecule has 1 aliphatic rings. The molecule has 0 radical (unpaired) electrons. The standard InChI is InChI=1S/C35H41FN2O6/c1-3-43-32-15-11-25(21-30(32)36)12-16-34(40)38-19-17-27(18-20-38)23-33(39)37-31(35(41)42-2)22-26-9-13-29(14-10-26)44-24-28-7-5-4-6-8-28/h4-11,13-15,21,27,31H,3,12,16-20,22-24H2,1-2H3,(H,37,39)/t31-/m0/s1. The maximum Gasteiger partial charge on any atom is 0.328 e. The Labute approximate surface area is 258 Å². The average Bonchev–Trinajstić information content (AvgIpc) is 3.04. The molecule has 1 heterocycles. The fraction of sp³-hybridized carbons (Fsp3) is 0.400. The van der Waals surface area contributed by atoms with Crippen LogP contribution in [0.1, 0.15) is 49.3 Å². The first-order chi connectivity index (χ1) is 21.3. The lowest BCUT2D eigenvalue weighted by Crippen LogP contribution is -2.44. The van der Waals surface area contributed by atoms with Crippen LogP contribution in [0.25, 0.3) is 0 Å². The second-order valence-electron chi connectivity index (χ2n) is 11.0. The van der Waals surface area contributed by atoms with Crippen molar-refractivity contribution in [3.8, 4) is 11.5 Å². The van der Waals surface area contributed by atoms with Gasteiger partial charge in [0.15, 0.2) is 11.6 Å². The van der Waals surface area contributed by atoms with E-state index < -0.39 is 17.8 Å². The van der Waals surface area contributed by atoms with Gasteiger partial charge in [-0.2, -0.15) is 0 Å². The molecule has 0 aromatic heterocycles. The Morgan fingerprint density at radius 1 is 0.932 bits per heavy atom. The molecule has 0 aliphatic carbocycles. The Morgan fingerprint density at radius 2 is 1.64 bits per heavy atom. The van der Waals surface area contributed by atoms with Crippen molar-refractivity contribution in [2.45, 2.75) is 58.1 Å². The van der Waals surface area contributed by atoms with E-state index in [1.165, 1.54) is 13.2 Å². The summed E-state index contributed by atoms with van der Waals surface area (Å²) < 4.78 is 30.1. The number of benzene rings is 3. The van der Waals surface area contributed by atoms with Gasteiger partial charge in [-0.25, -0.2) is 9.18 Å². The van der Waals surface area contributed by atoms with Crippen molar-refractivity contribution in [2.24, 2.45) is 5.92 Å². The van der Waals surface area contributed by atoms with Gasteiger partial charge in [0.1, 0.15) is 18.4 Å². The van der Waals surface area contributed by atoms with E-state index in [0.717, 1.165) is 16.7 Å². The smallest absolute Gasteiger partial charge is 0.328 e. The zero-order valence-electron chi connectivity index (χ0n) is 25.4. The Bertz CT molecular complexity index is 1370. The number of rotatable bonds is 14. The second-order valence-corrected chi connectivity index (χ2v) is 11.0. The minimum atomic E-state index is -0.808. The molecule has 0 bridgehead atoms. The third-order valence-corrected chi connectivity index (χ3v) is 7.80. The molecule has 4 rings (SSSR count). The SMILES string of the molecule is CCOc1ccc(CCC(=O)N2CCC(CC(=O)N[C@@H](Cc3ccc(OCc4ccccc4)cc3)C(=O)OC)CC2)cc1F. The molecule has 1 atom stereocenters. The van der Waals surface area contributed by atoms with Crippen LogP contribution in [0.5, 0.6) is 11.5 Å². The molecule has 0 spiro atoms. The van der Waals surface area contributed by atoms with E-state index >= 15 is 0 Å². The molecule has 44 heavy (non-hydrogen) atoms. The molecule has 3 aromatic rings. The van der Waals surface area contributed by atoms with Crippen molar-refractivity contribution in [3.05, 3.63) is 95.3 Å². The Balaban J connectivity index is 1.20. The molecular weight excluding hydrogens is 563 g/mol. The summed E-state index contributed by atoms with van der Waals surface area (Å²) in [6.45, 7) is 3.77. The molecule has 234 valence electrons. The maximum atomic E-state index is 14.1. The average molecular weight is 605 g/mol. The van der Waals surface area contributed by atoms with E-state index in [-0.39, 0.29) is 29.9 Å². The van der Waals surface area contributed by atoms with E-state index in [1.54, 1.807) is 19.1 Å². The largest absolute Gasteiger partial charge is 0.491 e. The van der Waals surface area contributed by atoms with Gasteiger partial charge in [0.2, 0.25) is 11.8 Å². The van der Waals surface area contributed by atoms with Crippen molar-refractivity contribution in [1.29, 1.82) is 0 Å². The molecule has 3 aromatic carbocycles. The lowest BCUT2D eigenvalue weighted by atomic mass is 9.92. The number of piperidine rings is 1. The number of carbonyl (C=O) groups is 3. The maximum absolute atomic E-state index is 14.1. The number of aryl methyl sites for hydroxylation is 1. The van der Waals surface area contributed by atoms with Crippen LogP contribution in [0, 0.1) is 11.7 Å². The highest BCUT2D eigenvalue weighted by molar-refractivity contribution is 5.84. The molecular formula is C35H41FN2O6. The molecule has 1 fully saturated rings. The van der Waals surface area contributed by atoms with Gasteiger partial charge in [0.25, 0.3) is 0 Å². The van der Waals surface area contributed by atoms with E-state index in [0.29, 0.717) is 64.2 Å². The minimum absolute atomic E-state index is 0.0180. The van der Waals surface area contributed by atoms with Crippen LogP contribution in [0.2, 0.25) is 0 Å². The number of hydrogen-bond donors (Lipinski definition) is 1. The molecule has 2 amide bonds. The summed E-state index contributed by atoms with van der Waals surface area (Å²) >= 11 is 0.